The minimum atomic E-state index is 1.22. The summed E-state index contributed by atoms with van der Waals surface area (Å²) in [7, 11) is 3.75. The zero-order valence-electron chi connectivity index (χ0n) is 10.7. The van der Waals surface area contributed by atoms with Crippen LogP contribution >= 0.6 is 0 Å². The summed E-state index contributed by atoms with van der Waals surface area (Å²) in [5.41, 5.74) is 0. The van der Waals surface area contributed by atoms with Crippen molar-refractivity contribution in [1.29, 1.82) is 0 Å². The monoisotopic (exact) mass is 202 g/mol. The number of rotatable bonds is 8. The van der Waals surface area contributed by atoms with Crippen molar-refractivity contribution in [2.24, 2.45) is 0 Å². The molecule has 0 spiro atoms. The molecular formula is C12H30N2. The zero-order valence-corrected chi connectivity index (χ0v) is 10.7. The zero-order chi connectivity index (χ0) is 11.1. The SMILES string of the molecule is CCCCCNCCCCC.CNC. The summed E-state index contributed by atoms with van der Waals surface area (Å²) in [6, 6.07) is 0. The molecule has 0 fully saturated rings. The molecule has 0 rings (SSSR count). The molecule has 0 heterocycles. The second kappa shape index (κ2) is 18.7. The lowest BCUT2D eigenvalue weighted by molar-refractivity contribution is 0.583. The Morgan fingerprint density at radius 2 is 1.07 bits per heavy atom. The molecular weight excluding hydrogens is 172 g/mol. The van der Waals surface area contributed by atoms with Gasteiger partial charge in [-0.2, -0.15) is 0 Å². The fraction of sp³-hybridized carbons (Fsp3) is 1.00. The number of hydrogen-bond acceptors (Lipinski definition) is 2. The van der Waals surface area contributed by atoms with Crippen LogP contribution in [0.1, 0.15) is 52.4 Å². The fourth-order valence-corrected chi connectivity index (χ4v) is 1.12. The first-order valence-electron chi connectivity index (χ1n) is 6.12. The molecule has 0 bridgehead atoms. The van der Waals surface area contributed by atoms with Crippen LogP contribution < -0.4 is 10.6 Å². The fourth-order valence-electron chi connectivity index (χ4n) is 1.12. The first kappa shape index (κ1) is 16.4. The van der Waals surface area contributed by atoms with Gasteiger partial charge in [0.15, 0.2) is 0 Å². The average molecular weight is 202 g/mol. The molecule has 0 aromatic rings. The Hall–Kier alpha value is -0.0800. The summed E-state index contributed by atoms with van der Waals surface area (Å²) in [5, 5.41) is 6.20. The molecule has 2 nitrogen and oxygen atoms in total. The number of unbranched alkanes of at least 4 members (excludes halogenated alkanes) is 4. The molecule has 0 aromatic heterocycles. The van der Waals surface area contributed by atoms with Crippen LogP contribution in [0.5, 0.6) is 0 Å². The Morgan fingerprint density at radius 3 is 1.36 bits per heavy atom. The Labute approximate surface area is 90.9 Å². The molecule has 88 valence electrons. The van der Waals surface area contributed by atoms with E-state index < -0.39 is 0 Å². The van der Waals surface area contributed by atoms with Crippen LogP contribution in [0.25, 0.3) is 0 Å². The van der Waals surface area contributed by atoms with Crippen molar-refractivity contribution in [3.63, 3.8) is 0 Å². The van der Waals surface area contributed by atoms with Crippen molar-refractivity contribution in [1.82, 2.24) is 10.6 Å². The van der Waals surface area contributed by atoms with Crippen molar-refractivity contribution in [2.75, 3.05) is 27.2 Å². The Balaban J connectivity index is 0. The maximum Gasteiger partial charge on any atom is -0.00489 e. The predicted molar refractivity (Wildman–Crippen MR) is 66.9 cm³/mol. The second-order valence-corrected chi connectivity index (χ2v) is 3.66. The summed E-state index contributed by atoms with van der Waals surface area (Å²) < 4.78 is 0. The molecule has 0 aliphatic rings. The second-order valence-electron chi connectivity index (χ2n) is 3.66. The topological polar surface area (TPSA) is 24.1 Å². The van der Waals surface area contributed by atoms with E-state index in [2.05, 4.69) is 24.5 Å². The van der Waals surface area contributed by atoms with Crippen molar-refractivity contribution >= 4 is 0 Å². The van der Waals surface area contributed by atoms with Gasteiger partial charge in [0.2, 0.25) is 0 Å². The summed E-state index contributed by atoms with van der Waals surface area (Å²) in [6.07, 6.45) is 8.11. The third-order valence-corrected chi connectivity index (χ3v) is 1.91. The Morgan fingerprint density at radius 1 is 0.714 bits per heavy atom. The largest absolute Gasteiger partial charge is 0.323 e. The Bertz CT molecular complexity index is 66.7. The van der Waals surface area contributed by atoms with Crippen LogP contribution in [0.3, 0.4) is 0 Å². The van der Waals surface area contributed by atoms with Gasteiger partial charge in [-0.15, -0.1) is 0 Å². The minimum absolute atomic E-state index is 1.22. The summed E-state index contributed by atoms with van der Waals surface area (Å²) in [5.74, 6) is 0. The van der Waals surface area contributed by atoms with Gasteiger partial charge in [0.25, 0.3) is 0 Å². The van der Waals surface area contributed by atoms with E-state index in [9.17, 15) is 0 Å². The third-order valence-electron chi connectivity index (χ3n) is 1.91. The van der Waals surface area contributed by atoms with Gasteiger partial charge in [-0.25, -0.2) is 0 Å². The highest BCUT2D eigenvalue weighted by atomic mass is 14.8. The predicted octanol–water partition coefficient (Wildman–Crippen LogP) is 2.79. The molecule has 2 heteroatoms. The first-order valence-corrected chi connectivity index (χ1v) is 6.12. The maximum absolute atomic E-state index is 3.46. The summed E-state index contributed by atoms with van der Waals surface area (Å²) in [6.45, 7) is 6.93. The highest BCUT2D eigenvalue weighted by Gasteiger charge is 1.86. The molecule has 0 aromatic carbocycles. The van der Waals surface area contributed by atoms with Crippen molar-refractivity contribution < 1.29 is 0 Å². The van der Waals surface area contributed by atoms with E-state index in [1.54, 1.807) is 0 Å². The molecule has 14 heavy (non-hydrogen) atoms. The highest BCUT2D eigenvalue weighted by Crippen LogP contribution is 1.93. The highest BCUT2D eigenvalue weighted by molar-refractivity contribution is 4.48. The van der Waals surface area contributed by atoms with Crippen LogP contribution in [0.2, 0.25) is 0 Å². The third kappa shape index (κ3) is 22.7. The van der Waals surface area contributed by atoms with Gasteiger partial charge in [0.1, 0.15) is 0 Å². The molecule has 0 aliphatic carbocycles. The first-order chi connectivity index (χ1) is 6.83. The molecule has 0 atom stereocenters. The van der Waals surface area contributed by atoms with Crippen molar-refractivity contribution in [2.45, 2.75) is 52.4 Å². The van der Waals surface area contributed by atoms with Crippen LogP contribution in [-0.4, -0.2) is 27.2 Å². The van der Waals surface area contributed by atoms with Crippen LogP contribution in [0.15, 0.2) is 0 Å². The van der Waals surface area contributed by atoms with Gasteiger partial charge in [0.05, 0.1) is 0 Å². The van der Waals surface area contributed by atoms with Crippen molar-refractivity contribution in [3.8, 4) is 0 Å². The molecule has 0 amide bonds. The molecule has 0 radical (unpaired) electrons. The van der Waals surface area contributed by atoms with Gasteiger partial charge in [-0.3, -0.25) is 0 Å². The number of nitrogens with one attached hydrogen (secondary N) is 2. The lowest BCUT2D eigenvalue weighted by atomic mass is 10.2. The van der Waals surface area contributed by atoms with E-state index in [0.29, 0.717) is 0 Å². The van der Waals surface area contributed by atoms with E-state index >= 15 is 0 Å². The van der Waals surface area contributed by atoms with Crippen LogP contribution in [0, 0.1) is 0 Å². The van der Waals surface area contributed by atoms with Gasteiger partial charge < -0.3 is 10.6 Å². The average Bonchev–Trinajstić information content (AvgIpc) is 2.18. The lowest BCUT2D eigenvalue weighted by Gasteiger charge is -2.02. The van der Waals surface area contributed by atoms with E-state index in [4.69, 9.17) is 0 Å². The smallest absolute Gasteiger partial charge is 0.00489 e. The van der Waals surface area contributed by atoms with E-state index in [0.717, 1.165) is 0 Å². The lowest BCUT2D eigenvalue weighted by Crippen LogP contribution is -2.16. The molecule has 0 saturated carbocycles. The van der Waals surface area contributed by atoms with Gasteiger partial charge in [-0.05, 0) is 40.0 Å². The molecule has 0 saturated heterocycles. The normalized spacial score (nSPS) is 9.43. The van der Waals surface area contributed by atoms with E-state index in [1.165, 1.54) is 51.6 Å². The van der Waals surface area contributed by atoms with E-state index in [-0.39, 0.29) is 0 Å². The van der Waals surface area contributed by atoms with E-state index in [1.807, 2.05) is 14.1 Å². The van der Waals surface area contributed by atoms with Gasteiger partial charge >= 0.3 is 0 Å². The van der Waals surface area contributed by atoms with Gasteiger partial charge in [0, 0.05) is 0 Å². The molecule has 2 N–H and O–H groups in total. The molecule has 0 unspecified atom stereocenters. The quantitative estimate of drug-likeness (QED) is 0.591. The number of hydrogen-bond donors (Lipinski definition) is 2. The summed E-state index contributed by atoms with van der Waals surface area (Å²) >= 11 is 0. The summed E-state index contributed by atoms with van der Waals surface area (Å²) in [4.78, 5) is 0. The standard InChI is InChI=1S/C10H23N.C2H7N/c1-3-5-7-9-11-10-8-6-4-2;1-3-2/h11H,3-10H2,1-2H3;3H,1-2H3. The van der Waals surface area contributed by atoms with Crippen molar-refractivity contribution in [3.05, 3.63) is 0 Å². The Kier molecular flexibility index (Phi) is 21.8. The maximum atomic E-state index is 3.46. The van der Waals surface area contributed by atoms with Gasteiger partial charge in [-0.1, -0.05) is 39.5 Å². The van der Waals surface area contributed by atoms with Crippen LogP contribution in [-0.2, 0) is 0 Å². The van der Waals surface area contributed by atoms with Crippen LogP contribution in [0.4, 0.5) is 0 Å². The molecule has 0 aliphatic heterocycles. The minimum Gasteiger partial charge on any atom is -0.323 e.